The van der Waals surface area contributed by atoms with Crippen molar-refractivity contribution in [3.8, 4) is 0 Å². The highest BCUT2D eigenvalue weighted by Gasteiger charge is 2.02. The summed E-state index contributed by atoms with van der Waals surface area (Å²) in [6.07, 6.45) is 0. The zero-order valence-corrected chi connectivity index (χ0v) is 12.2. The average molecular weight is 321 g/mol. The van der Waals surface area contributed by atoms with E-state index < -0.39 is 0 Å². The fourth-order valence-electron chi connectivity index (χ4n) is 1.58. The summed E-state index contributed by atoms with van der Waals surface area (Å²) in [5.74, 6) is 0.330. The fraction of sp³-hybridized carbons (Fsp3) is 0.154. The topological polar surface area (TPSA) is 70.1 Å². The lowest BCUT2D eigenvalue weighted by Crippen LogP contribution is -2.11. The number of halogens is 1. The molecule has 2 aromatic rings. The Bertz CT molecular complexity index is 678. The summed E-state index contributed by atoms with van der Waals surface area (Å²) in [6, 6.07) is 9.20. The van der Waals surface area contributed by atoms with Crippen LogP contribution >= 0.6 is 15.9 Å². The number of benzene rings is 1. The Morgan fingerprint density at radius 3 is 2.84 bits per heavy atom. The van der Waals surface area contributed by atoms with Gasteiger partial charge in [-0.1, -0.05) is 34.1 Å². The molecule has 6 heteroatoms. The summed E-state index contributed by atoms with van der Waals surface area (Å²) in [6.45, 7) is 3.63. The Hall–Kier alpha value is -1.95. The predicted molar refractivity (Wildman–Crippen MR) is 79.6 cm³/mol. The molecule has 0 amide bonds. The second-order valence-corrected chi connectivity index (χ2v) is 4.88. The minimum atomic E-state index is -0.205. The molecule has 0 atom stereocenters. The van der Waals surface area contributed by atoms with Crippen LogP contribution in [0.3, 0.4) is 0 Å². The first-order valence-corrected chi connectivity index (χ1v) is 6.49. The van der Waals surface area contributed by atoms with E-state index in [-0.39, 0.29) is 5.56 Å². The number of H-pyrrole nitrogens is 1. The van der Waals surface area contributed by atoms with E-state index in [1.165, 1.54) is 6.07 Å². The maximum absolute atomic E-state index is 11.3. The zero-order valence-electron chi connectivity index (χ0n) is 10.6. The van der Waals surface area contributed by atoms with Crippen molar-refractivity contribution in [1.29, 1.82) is 0 Å². The molecule has 0 aliphatic rings. The second kappa shape index (κ2) is 5.79. The molecule has 0 saturated carbocycles. The standard InChI is InChI=1S/C13H13BrN4O/c1-8-7-12(19)16-13(15-8)18-17-9(2)10-5-3-4-6-11(10)14/h3-7H,1-2H3,(H2,15,16,18,19)/b17-9+. The molecule has 0 saturated heterocycles. The fourth-order valence-corrected chi connectivity index (χ4v) is 2.16. The number of rotatable bonds is 3. The minimum absolute atomic E-state index is 0.205. The minimum Gasteiger partial charge on any atom is -0.291 e. The molecule has 98 valence electrons. The van der Waals surface area contributed by atoms with E-state index in [4.69, 9.17) is 0 Å². The Morgan fingerprint density at radius 1 is 1.42 bits per heavy atom. The van der Waals surface area contributed by atoms with E-state index in [9.17, 15) is 4.79 Å². The normalized spacial score (nSPS) is 11.4. The average Bonchev–Trinajstić information content (AvgIpc) is 2.35. The molecule has 0 spiro atoms. The Morgan fingerprint density at radius 2 is 2.16 bits per heavy atom. The predicted octanol–water partition coefficient (Wildman–Crippen LogP) is 2.68. The van der Waals surface area contributed by atoms with E-state index >= 15 is 0 Å². The first-order chi connectivity index (χ1) is 9.06. The highest BCUT2D eigenvalue weighted by molar-refractivity contribution is 9.10. The summed E-state index contributed by atoms with van der Waals surface area (Å²) in [5, 5.41) is 4.21. The Labute approximate surface area is 118 Å². The van der Waals surface area contributed by atoms with Gasteiger partial charge in [0, 0.05) is 21.8 Å². The van der Waals surface area contributed by atoms with Crippen molar-refractivity contribution in [2.75, 3.05) is 5.43 Å². The van der Waals surface area contributed by atoms with Crippen LogP contribution in [0, 0.1) is 6.92 Å². The molecule has 2 rings (SSSR count). The van der Waals surface area contributed by atoms with Gasteiger partial charge in [-0.3, -0.25) is 9.78 Å². The number of aromatic nitrogens is 2. The lowest BCUT2D eigenvalue weighted by Gasteiger charge is -2.05. The SMILES string of the molecule is C/C(=N\Nc1nc(C)cc(=O)[nH]1)c1ccccc1Br. The smallest absolute Gasteiger partial charge is 0.252 e. The van der Waals surface area contributed by atoms with Gasteiger partial charge in [0.25, 0.3) is 5.56 Å². The maximum atomic E-state index is 11.3. The second-order valence-electron chi connectivity index (χ2n) is 4.02. The molecule has 0 fully saturated rings. The Balaban J connectivity index is 2.23. The zero-order chi connectivity index (χ0) is 13.8. The van der Waals surface area contributed by atoms with E-state index in [1.54, 1.807) is 6.92 Å². The summed E-state index contributed by atoms with van der Waals surface area (Å²) in [4.78, 5) is 18.0. The molecule has 19 heavy (non-hydrogen) atoms. The molecular weight excluding hydrogens is 308 g/mol. The van der Waals surface area contributed by atoms with Crippen molar-refractivity contribution >= 4 is 27.6 Å². The molecule has 0 aliphatic carbocycles. The van der Waals surface area contributed by atoms with Crippen LogP contribution in [0.5, 0.6) is 0 Å². The molecular formula is C13H13BrN4O. The third-order valence-electron chi connectivity index (χ3n) is 2.46. The van der Waals surface area contributed by atoms with E-state index in [1.807, 2.05) is 31.2 Å². The summed E-state index contributed by atoms with van der Waals surface area (Å²) < 4.78 is 0.962. The van der Waals surface area contributed by atoms with Crippen LogP contribution in [0.4, 0.5) is 5.95 Å². The monoisotopic (exact) mass is 320 g/mol. The van der Waals surface area contributed by atoms with E-state index in [0.29, 0.717) is 11.6 Å². The van der Waals surface area contributed by atoms with Crippen molar-refractivity contribution < 1.29 is 0 Å². The quantitative estimate of drug-likeness (QED) is 0.674. The van der Waals surface area contributed by atoms with E-state index in [0.717, 1.165) is 15.7 Å². The van der Waals surface area contributed by atoms with Gasteiger partial charge in [0.05, 0.1) is 5.71 Å². The van der Waals surface area contributed by atoms with Crippen LogP contribution in [-0.4, -0.2) is 15.7 Å². The number of nitrogens with zero attached hydrogens (tertiary/aromatic N) is 2. The third kappa shape index (κ3) is 3.51. The van der Waals surface area contributed by atoms with Crippen LogP contribution in [-0.2, 0) is 0 Å². The van der Waals surface area contributed by atoms with Crippen LogP contribution in [0.25, 0.3) is 0 Å². The van der Waals surface area contributed by atoms with Crippen molar-refractivity contribution in [2.24, 2.45) is 5.10 Å². The van der Waals surface area contributed by atoms with Crippen molar-refractivity contribution in [3.63, 3.8) is 0 Å². The number of hydrogen-bond acceptors (Lipinski definition) is 4. The van der Waals surface area contributed by atoms with Crippen LogP contribution in [0.15, 0.2) is 44.7 Å². The van der Waals surface area contributed by atoms with Crippen LogP contribution in [0.2, 0.25) is 0 Å². The number of anilines is 1. The van der Waals surface area contributed by atoms with Gasteiger partial charge in [0.2, 0.25) is 5.95 Å². The van der Waals surface area contributed by atoms with Crippen molar-refractivity contribution in [2.45, 2.75) is 13.8 Å². The largest absolute Gasteiger partial charge is 0.291 e. The van der Waals surface area contributed by atoms with Crippen molar-refractivity contribution in [3.05, 3.63) is 56.4 Å². The molecule has 0 radical (unpaired) electrons. The summed E-state index contributed by atoms with van der Waals surface area (Å²) in [7, 11) is 0. The van der Waals surface area contributed by atoms with Gasteiger partial charge in [-0.15, -0.1) is 0 Å². The lowest BCUT2D eigenvalue weighted by atomic mass is 10.1. The number of hydrogen-bond donors (Lipinski definition) is 2. The molecule has 0 unspecified atom stereocenters. The van der Waals surface area contributed by atoms with Gasteiger partial charge in [-0.05, 0) is 19.9 Å². The third-order valence-corrected chi connectivity index (χ3v) is 3.15. The molecule has 1 heterocycles. The Kier molecular flexibility index (Phi) is 4.11. The van der Waals surface area contributed by atoms with E-state index in [2.05, 4.69) is 36.4 Å². The highest BCUT2D eigenvalue weighted by Crippen LogP contribution is 2.16. The number of aromatic amines is 1. The first-order valence-electron chi connectivity index (χ1n) is 5.69. The highest BCUT2D eigenvalue weighted by atomic mass is 79.9. The van der Waals surface area contributed by atoms with Gasteiger partial charge < -0.3 is 0 Å². The number of hydrazone groups is 1. The maximum Gasteiger partial charge on any atom is 0.252 e. The molecule has 0 bridgehead atoms. The van der Waals surface area contributed by atoms with Crippen LogP contribution in [0.1, 0.15) is 18.2 Å². The first kappa shape index (κ1) is 13.5. The number of nitrogens with one attached hydrogen (secondary N) is 2. The molecule has 5 nitrogen and oxygen atoms in total. The van der Waals surface area contributed by atoms with Gasteiger partial charge in [0.15, 0.2) is 0 Å². The van der Waals surface area contributed by atoms with Crippen LogP contribution < -0.4 is 11.0 Å². The molecule has 1 aromatic heterocycles. The molecule has 2 N–H and O–H groups in total. The summed E-state index contributed by atoms with van der Waals surface area (Å²) >= 11 is 3.46. The van der Waals surface area contributed by atoms with Crippen molar-refractivity contribution in [1.82, 2.24) is 9.97 Å². The summed E-state index contributed by atoms with van der Waals surface area (Å²) in [5.41, 5.74) is 4.95. The molecule has 1 aromatic carbocycles. The van der Waals surface area contributed by atoms with Gasteiger partial charge in [0.1, 0.15) is 0 Å². The molecule has 0 aliphatic heterocycles. The van der Waals surface area contributed by atoms with Gasteiger partial charge in [-0.2, -0.15) is 5.10 Å². The van der Waals surface area contributed by atoms with Gasteiger partial charge in [-0.25, -0.2) is 10.4 Å². The lowest BCUT2D eigenvalue weighted by molar-refractivity contribution is 1.04. The van der Waals surface area contributed by atoms with Gasteiger partial charge >= 0.3 is 0 Å². The number of aryl methyl sites for hydroxylation is 1.